The Hall–Kier alpha value is -3.74. The normalized spacial score (nSPS) is 13.6. The number of carbonyl (C=O) groups excluding carboxylic acids is 2. The Morgan fingerprint density at radius 3 is 2.28 bits per heavy atom. The molecule has 2 amide bonds. The number of rotatable bonds is 7. The molecule has 1 saturated heterocycles. The lowest BCUT2D eigenvalue weighted by molar-refractivity contribution is -0.132. The van der Waals surface area contributed by atoms with Crippen molar-refractivity contribution in [3.8, 4) is 5.75 Å². The van der Waals surface area contributed by atoms with E-state index in [1.54, 1.807) is 40.5 Å². The molecule has 1 aromatic heterocycles. The largest absolute Gasteiger partial charge is 0.493 e. The van der Waals surface area contributed by atoms with Crippen LogP contribution >= 0.6 is 0 Å². The average molecular weight is 431 g/mol. The number of piperazine rings is 1. The van der Waals surface area contributed by atoms with E-state index < -0.39 is 0 Å². The van der Waals surface area contributed by atoms with Crippen molar-refractivity contribution in [2.45, 2.75) is 12.8 Å². The molecule has 0 spiro atoms. The zero-order chi connectivity index (χ0) is 22.2. The van der Waals surface area contributed by atoms with Crippen LogP contribution in [0.3, 0.4) is 0 Å². The number of hydrogen-bond donors (Lipinski definition) is 0. The van der Waals surface area contributed by atoms with Crippen molar-refractivity contribution in [2.24, 2.45) is 0 Å². The van der Waals surface area contributed by atoms with E-state index in [1.807, 2.05) is 30.3 Å². The molecule has 1 aliphatic heterocycles. The number of aromatic nitrogens is 2. The Bertz CT molecular complexity index is 1020. The monoisotopic (exact) mass is 430 g/mol. The van der Waals surface area contributed by atoms with Crippen LogP contribution in [0.2, 0.25) is 0 Å². The molecule has 0 aliphatic carbocycles. The van der Waals surface area contributed by atoms with E-state index in [4.69, 9.17) is 4.74 Å². The summed E-state index contributed by atoms with van der Waals surface area (Å²) in [5.41, 5.74) is 2.51. The SMILES string of the molecule is O=C(Cc1cnccn1)N1CCN(C(=O)c2ccc(OCCc3ccccc3)cc2)CC1. The summed E-state index contributed by atoms with van der Waals surface area (Å²) >= 11 is 0. The molecule has 0 radical (unpaired) electrons. The van der Waals surface area contributed by atoms with Crippen LogP contribution in [0.25, 0.3) is 0 Å². The molecule has 0 saturated carbocycles. The molecule has 1 fully saturated rings. The zero-order valence-electron chi connectivity index (χ0n) is 17.9. The molecule has 3 aromatic rings. The van der Waals surface area contributed by atoms with E-state index in [9.17, 15) is 9.59 Å². The molecule has 0 N–H and O–H groups in total. The molecular formula is C25H26N4O3. The summed E-state index contributed by atoms with van der Waals surface area (Å²) in [4.78, 5) is 37.0. The summed E-state index contributed by atoms with van der Waals surface area (Å²) in [7, 11) is 0. The van der Waals surface area contributed by atoms with Gasteiger partial charge in [0, 0.05) is 56.8 Å². The van der Waals surface area contributed by atoms with Crippen LogP contribution < -0.4 is 4.74 Å². The van der Waals surface area contributed by atoms with Gasteiger partial charge >= 0.3 is 0 Å². The van der Waals surface area contributed by atoms with Gasteiger partial charge in [0.1, 0.15) is 5.75 Å². The van der Waals surface area contributed by atoms with Gasteiger partial charge in [-0.25, -0.2) is 0 Å². The van der Waals surface area contributed by atoms with Crippen molar-refractivity contribution in [1.29, 1.82) is 0 Å². The Kier molecular flexibility index (Phi) is 7.07. The average Bonchev–Trinajstić information content (AvgIpc) is 2.85. The minimum Gasteiger partial charge on any atom is -0.493 e. The predicted molar refractivity (Wildman–Crippen MR) is 120 cm³/mol. The van der Waals surface area contributed by atoms with Crippen molar-refractivity contribution >= 4 is 11.8 Å². The van der Waals surface area contributed by atoms with Crippen molar-refractivity contribution < 1.29 is 14.3 Å². The third kappa shape index (κ3) is 5.69. The maximum atomic E-state index is 12.8. The van der Waals surface area contributed by atoms with Gasteiger partial charge in [0.15, 0.2) is 0 Å². The highest BCUT2D eigenvalue weighted by Crippen LogP contribution is 2.16. The highest BCUT2D eigenvalue weighted by molar-refractivity contribution is 5.94. The third-order valence-corrected chi connectivity index (χ3v) is 5.47. The Morgan fingerprint density at radius 1 is 0.875 bits per heavy atom. The number of benzene rings is 2. The van der Waals surface area contributed by atoms with Gasteiger partial charge in [0.2, 0.25) is 5.91 Å². The maximum Gasteiger partial charge on any atom is 0.253 e. The maximum absolute atomic E-state index is 12.8. The van der Waals surface area contributed by atoms with Gasteiger partial charge in [-0.15, -0.1) is 0 Å². The zero-order valence-corrected chi connectivity index (χ0v) is 17.9. The lowest BCUT2D eigenvalue weighted by atomic mass is 10.1. The Balaban J connectivity index is 1.23. The van der Waals surface area contributed by atoms with Gasteiger partial charge in [-0.3, -0.25) is 19.6 Å². The molecule has 0 atom stereocenters. The molecule has 7 nitrogen and oxygen atoms in total. The summed E-state index contributed by atoms with van der Waals surface area (Å²) in [6.45, 7) is 2.65. The van der Waals surface area contributed by atoms with Crippen molar-refractivity contribution in [1.82, 2.24) is 19.8 Å². The van der Waals surface area contributed by atoms with Crippen molar-refractivity contribution in [2.75, 3.05) is 32.8 Å². The van der Waals surface area contributed by atoms with Crippen LogP contribution in [0.4, 0.5) is 0 Å². The Labute approximate surface area is 187 Å². The molecular weight excluding hydrogens is 404 g/mol. The van der Waals surface area contributed by atoms with Crippen molar-refractivity contribution in [3.05, 3.63) is 90.0 Å². The fourth-order valence-electron chi connectivity index (χ4n) is 3.65. The molecule has 164 valence electrons. The lowest BCUT2D eigenvalue weighted by Crippen LogP contribution is -2.51. The van der Waals surface area contributed by atoms with Crippen molar-refractivity contribution in [3.63, 3.8) is 0 Å². The van der Waals surface area contributed by atoms with Crippen LogP contribution in [0.15, 0.2) is 73.2 Å². The summed E-state index contributed by atoms with van der Waals surface area (Å²) < 4.78 is 5.80. The quantitative estimate of drug-likeness (QED) is 0.576. The standard InChI is InChI=1S/C25H26N4O3/c30-24(18-22-19-26-11-12-27-22)28-13-15-29(16-14-28)25(31)21-6-8-23(9-7-21)32-17-10-20-4-2-1-3-5-20/h1-9,11-12,19H,10,13-18H2. The summed E-state index contributed by atoms with van der Waals surface area (Å²) in [6.07, 6.45) is 5.84. The fraction of sp³-hybridized carbons (Fsp3) is 0.280. The first-order chi connectivity index (χ1) is 15.7. The van der Waals surface area contributed by atoms with Gasteiger partial charge in [-0.05, 0) is 29.8 Å². The summed E-state index contributed by atoms with van der Waals surface area (Å²) in [5.74, 6) is 0.730. The number of nitrogens with zero attached hydrogens (tertiary/aromatic N) is 4. The molecule has 32 heavy (non-hydrogen) atoms. The second-order valence-electron chi connectivity index (χ2n) is 7.65. The van der Waals surface area contributed by atoms with E-state index in [2.05, 4.69) is 22.1 Å². The smallest absolute Gasteiger partial charge is 0.253 e. The first-order valence-corrected chi connectivity index (χ1v) is 10.8. The van der Waals surface area contributed by atoms with Crippen LogP contribution in [0.1, 0.15) is 21.6 Å². The fourth-order valence-corrected chi connectivity index (χ4v) is 3.65. The minimum atomic E-state index is -0.0261. The first-order valence-electron chi connectivity index (χ1n) is 10.8. The van der Waals surface area contributed by atoms with Crippen LogP contribution in [-0.4, -0.2) is 64.4 Å². The van der Waals surface area contributed by atoms with Gasteiger partial charge in [-0.1, -0.05) is 30.3 Å². The molecule has 7 heteroatoms. The van der Waals surface area contributed by atoms with Gasteiger partial charge < -0.3 is 14.5 Å². The molecule has 0 bridgehead atoms. The third-order valence-electron chi connectivity index (χ3n) is 5.47. The second-order valence-corrected chi connectivity index (χ2v) is 7.65. The number of hydrogen-bond acceptors (Lipinski definition) is 5. The molecule has 0 unspecified atom stereocenters. The lowest BCUT2D eigenvalue weighted by Gasteiger charge is -2.34. The molecule has 2 heterocycles. The number of carbonyl (C=O) groups is 2. The predicted octanol–water partition coefficient (Wildman–Crippen LogP) is 2.63. The van der Waals surface area contributed by atoms with Gasteiger partial charge in [0.25, 0.3) is 5.91 Å². The molecule has 1 aliphatic rings. The van der Waals surface area contributed by atoms with Gasteiger partial charge in [-0.2, -0.15) is 0 Å². The summed E-state index contributed by atoms with van der Waals surface area (Å²) in [5, 5.41) is 0. The highest BCUT2D eigenvalue weighted by atomic mass is 16.5. The minimum absolute atomic E-state index is 0.00889. The van der Waals surface area contributed by atoms with E-state index in [0.717, 1.165) is 12.2 Å². The molecule has 2 aromatic carbocycles. The Morgan fingerprint density at radius 2 is 1.59 bits per heavy atom. The van der Waals surface area contributed by atoms with Gasteiger partial charge in [0.05, 0.1) is 18.7 Å². The topological polar surface area (TPSA) is 75.6 Å². The van der Waals surface area contributed by atoms with Crippen LogP contribution in [-0.2, 0) is 17.6 Å². The highest BCUT2D eigenvalue weighted by Gasteiger charge is 2.25. The number of ether oxygens (including phenoxy) is 1. The van der Waals surface area contributed by atoms with E-state index in [1.165, 1.54) is 5.56 Å². The van der Waals surface area contributed by atoms with E-state index in [-0.39, 0.29) is 18.2 Å². The van der Waals surface area contributed by atoms with Crippen LogP contribution in [0, 0.1) is 0 Å². The first kappa shape index (κ1) is 21.5. The summed E-state index contributed by atoms with van der Waals surface area (Å²) in [6, 6.07) is 17.4. The van der Waals surface area contributed by atoms with E-state index >= 15 is 0 Å². The van der Waals surface area contributed by atoms with Crippen LogP contribution in [0.5, 0.6) is 5.75 Å². The van der Waals surface area contributed by atoms with E-state index in [0.29, 0.717) is 44.0 Å². The molecule has 4 rings (SSSR count). The second kappa shape index (κ2) is 10.5. The number of amides is 2.